The maximum Gasteiger partial charge on any atom is 0.419 e. The van der Waals surface area contributed by atoms with Gasteiger partial charge in [-0.1, -0.05) is 6.92 Å². The number of benzene rings is 2. The van der Waals surface area contributed by atoms with Crippen molar-refractivity contribution in [2.24, 2.45) is 0 Å². The van der Waals surface area contributed by atoms with E-state index in [1.807, 2.05) is 0 Å². The highest BCUT2D eigenvalue weighted by molar-refractivity contribution is 6.10. The van der Waals surface area contributed by atoms with Gasteiger partial charge in [0.05, 0.1) is 23.0 Å². The summed E-state index contributed by atoms with van der Waals surface area (Å²) in [5, 5.41) is 9.70. The maximum atomic E-state index is 13.6. The molecule has 0 spiro atoms. The molecule has 1 aliphatic rings. The Labute approximate surface area is 170 Å². The molecule has 1 aliphatic heterocycles. The van der Waals surface area contributed by atoms with Crippen molar-refractivity contribution in [2.45, 2.75) is 39.4 Å². The fourth-order valence-corrected chi connectivity index (χ4v) is 3.58. The topological polar surface area (TPSA) is 60.9 Å². The van der Waals surface area contributed by atoms with Gasteiger partial charge in [0.25, 0.3) is 5.91 Å². The van der Waals surface area contributed by atoms with E-state index in [1.54, 1.807) is 32.9 Å². The third kappa shape index (κ3) is 3.71. The van der Waals surface area contributed by atoms with Crippen LogP contribution in [0.4, 0.5) is 33.7 Å². The summed E-state index contributed by atoms with van der Waals surface area (Å²) in [6, 6.07) is 4.80. The normalized spacial score (nSPS) is 16.4. The molecular weight excluding hydrogens is 404 g/mol. The molecule has 1 heterocycles. The van der Waals surface area contributed by atoms with Crippen molar-refractivity contribution >= 4 is 23.4 Å². The molecule has 1 N–H and O–H groups in total. The number of hydrogen-bond donors (Lipinski definition) is 1. The van der Waals surface area contributed by atoms with Crippen molar-refractivity contribution in [3.05, 3.63) is 58.4 Å². The summed E-state index contributed by atoms with van der Waals surface area (Å²) in [6.45, 7) is 5.31. The molecule has 2 amide bonds. The Morgan fingerprint density at radius 3 is 2.23 bits per heavy atom. The molecular formula is C21H20F4N2O3. The van der Waals surface area contributed by atoms with Gasteiger partial charge in [-0.3, -0.25) is 9.69 Å². The Morgan fingerprint density at radius 2 is 1.70 bits per heavy atom. The van der Waals surface area contributed by atoms with E-state index < -0.39 is 35.6 Å². The van der Waals surface area contributed by atoms with E-state index in [2.05, 4.69) is 0 Å². The van der Waals surface area contributed by atoms with E-state index in [0.717, 1.165) is 17.2 Å². The first kappa shape index (κ1) is 21.6. The number of carboxylic acid groups (broad SMARTS) is 1. The molecule has 0 aromatic heterocycles. The first-order valence-electron chi connectivity index (χ1n) is 9.27. The molecule has 30 heavy (non-hydrogen) atoms. The minimum Gasteiger partial charge on any atom is -0.465 e. The van der Waals surface area contributed by atoms with Gasteiger partial charge in [0.2, 0.25) is 0 Å². The van der Waals surface area contributed by atoms with Gasteiger partial charge < -0.3 is 10.0 Å². The van der Waals surface area contributed by atoms with Crippen LogP contribution < -0.4 is 9.80 Å². The molecule has 0 saturated carbocycles. The molecule has 0 saturated heterocycles. The fraction of sp³-hybridized carbons (Fsp3) is 0.333. The second-order valence-electron chi connectivity index (χ2n) is 7.25. The highest BCUT2D eigenvalue weighted by Crippen LogP contribution is 2.40. The zero-order valence-electron chi connectivity index (χ0n) is 16.5. The number of halogens is 4. The highest BCUT2D eigenvalue weighted by Gasteiger charge is 2.39. The number of amides is 2. The van der Waals surface area contributed by atoms with Crippen LogP contribution in [0.2, 0.25) is 0 Å². The van der Waals surface area contributed by atoms with Crippen LogP contribution in [0, 0.1) is 19.7 Å². The summed E-state index contributed by atoms with van der Waals surface area (Å²) >= 11 is 0. The quantitative estimate of drug-likeness (QED) is 0.658. The second-order valence-corrected chi connectivity index (χ2v) is 7.25. The fourth-order valence-electron chi connectivity index (χ4n) is 3.58. The number of rotatable bonds is 2. The van der Waals surface area contributed by atoms with Crippen LogP contribution in [0.3, 0.4) is 0 Å². The van der Waals surface area contributed by atoms with Gasteiger partial charge in [0, 0.05) is 12.1 Å². The van der Waals surface area contributed by atoms with Gasteiger partial charge in [-0.05, 0) is 61.7 Å². The summed E-state index contributed by atoms with van der Waals surface area (Å²) in [5.74, 6) is -2.22. The molecule has 9 heteroatoms. The van der Waals surface area contributed by atoms with E-state index in [4.69, 9.17) is 0 Å². The minimum absolute atomic E-state index is 0.0319. The molecule has 2 aromatic rings. The number of carbonyl (C=O) groups excluding carboxylic acids is 1. The highest BCUT2D eigenvalue weighted by atomic mass is 19.4. The lowest BCUT2D eigenvalue weighted by atomic mass is 9.99. The van der Waals surface area contributed by atoms with Gasteiger partial charge >= 0.3 is 12.3 Å². The van der Waals surface area contributed by atoms with Crippen LogP contribution >= 0.6 is 0 Å². The average Bonchev–Trinajstić information content (AvgIpc) is 2.66. The Balaban J connectivity index is 2.14. The molecule has 2 aromatic carbocycles. The molecule has 160 valence electrons. The Hall–Kier alpha value is -3.10. The van der Waals surface area contributed by atoms with E-state index in [0.29, 0.717) is 18.6 Å². The molecule has 0 radical (unpaired) electrons. The summed E-state index contributed by atoms with van der Waals surface area (Å²) < 4.78 is 52.9. The monoisotopic (exact) mass is 424 g/mol. The van der Waals surface area contributed by atoms with E-state index >= 15 is 0 Å². The first-order valence-corrected chi connectivity index (χ1v) is 9.27. The summed E-state index contributed by atoms with van der Waals surface area (Å²) in [4.78, 5) is 27.5. The zero-order valence-corrected chi connectivity index (χ0v) is 16.5. The molecule has 0 bridgehead atoms. The van der Waals surface area contributed by atoms with Crippen LogP contribution in [-0.2, 0) is 6.18 Å². The lowest BCUT2D eigenvalue weighted by molar-refractivity contribution is -0.140. The Morgan fingerprint density at radius 1 is 1.10 bits per heavy atom. The van der Waals surface area contributed by atoms with Crippen LogP contribution in [0.15, 0.2) is 30.3 Å². The van der Waals surface area contributed by atoms with Crippen molar-refractivity contribution in [3.8, 4) is 0 Å². The SMILES string of the molecule is CCC1CN(C(=O)c2ccc(F)c(C(F)(F)F)c2)c2cc(C)c(C)cc2N1C(=O)O. The number of carbonyl (C=O) groups is 2. The summed E-state index contributed by atoms with van der Waals surface area (Å²) in [6.07, 6.45) is -5.74. The summed E-state index contributed by atoms with van der Waals surface area (Å²) in [7, 11) is 0. The number of anilines is 2. The van der Waals surface area contributed by atoms with Crippen LogP contribution in [0.5, 0.6) is 0 Å². The number of nitrogens with zero attached hydrogens (tertiary/aromatic N) is 2. The van der Waals surface area contributed by atoms with E-state index in [9.17, 15) is 32.3 Å². The number of fused-ring (bicyclic) bond motifs is 1. The van der Waals surface area contributed by atoms with E-state index in [-0.39, 0.29) is 23.5 Å². The third-order valence-electron chi connectivity index (χ3n) is 5.34. The molecule has 3 rings (SSSR count). The second kappa shape index (κ2) is 7.62. The first-order chi connectivity index (χ1) is 14.0. The third-order valence-corrected chi connectivity index (χ3v) is 5.34. The maximum absolute atomic E-state index is 13.6. The van der Waals surface area contributed by atoms with Crippen molar-refractivity contribution in [3.63, 3.8) is 0 Å². The molecule has 0 aliphatic carbocycles. The average molecular weight is 424 g/mol. The van der Waals surface area contributed by atoms with E-state index in [1.165, 1.54) is 9.80 Å². The molecule has 5 nitrogen and oxygen atoms in total. The van der Waals surface area contributed by atoms with Gasteiger partial charge in [0.15, 0.2) is 0 Å². The van der Waals surface area contributed by atoms with Gasteiger partial charge in [0.1, 0.15) is 5.82 Å². The predicted octanol–water partition coefficient (Wildman–Crippen LogP) is 5.38. The van der Waals surface area contributed by atoms with Crippen LogP contribution in [0.1, 0.15) is 40.4 Å². The molecule has 0 fully saturated rings. The lowest BCUT2D eigenvalue weighted by Crippen LogP contribution is -2.52. The number of aryl methyl sites for hydroxylation is 2. The van der Waals surface area contributed by atoms with Crippen molar-refractivity contribution in [1.29, 1.82) is 0 Å². The lowest BCUT2D eigenvalue weighted by Gasteiger charge is -2.41. The van der Waals surface area contributed by atoms with Gasteiger partial charge in [-0.15, -0.1) is 0 Å². The standard InChI is InChI=1S/C21H20F4N2O3/c1-4-14-10-26(17-7-11(2)12(3)8-18(17)27(14)20(29)30)19(28)13-5-6-16(22)15(9-13)21(23,24)25/h5-9,14H,4,10H2,1-3H3,(H,29,30). The Bertz CT molecular complexity index is 1020. The van der Waals surface area contributed by atoms with Crippen LogP contribution in [0.25, 0.3) is 0 Å². The minimum atomic E-state index is -4.94. The van der Waals surface area contributed by atoms with Gasteiger partial charge in [-0.25, -0.2) is 9.18 Å². The summed E-state index contributed by atoms with van der Waals surface area (Å²) in [5.41, 5.74) is 0.326. The van der Waals surface area contributed by atoms with Crippen molar-refractivity contribution < 1.29 is 32.3 Å². The van der Waals surface area contributed by atoms with Gasteiger partial charge in [-0.2, -0.15) is 13.2 Å². The zero-order chi connectivity index (χ0) is 22.4. The van der Waals surface area contributed by atoms with Crippen molar-refractivity contribution in [2.75, 3.05) is 16.3 Å². The molecule has 1 unspecified atom stereocenters. The predicted molar refractivity (Wildman–Crippen MR) is 104 cm³/mol. The number of hydrogen-bond acceptors (Lipinski definition) is 2. The number of alkyl halides is 3. The van der Waals surface area contributed by atoms with Crippen molar-refractivity contribution in [1.82, 2.24) is 0 Å². The van der Waals surface area contributed by atoms with Crippen LogP contribution in [-0.4, -0.2) is 29.7 Å². The smallest absolute Gasteiger partial charge is 0.419 e. The largest absolute Gasteiger partial charge is 0.465 e. The Kier molecular flexibility index (Phi) is 5.49. The molecule has 1 atom stereocenters.